The van der Waals surface area contributed by atoms with Crippen LogP contribution in [0, 0.1) is 0 Å². The number of aryl methyl sites for hydroxylation is 1. The van der Waals surface area contributed by atoms with Gasteiger partial charge in [-0.1, -0.05) is 0 Å². The van der Waals surface area contributed by atoms with E-state index in [4.69, 9.17) is 5.73 Å². The highest BCUT2D eigenvalue weighted by atomic mass is 19.4. The van der Waals surface area contributed by atoms with Crippen molar-refractivity contribution in [2.45, 2.75) is 12.1 Å². The molecular formula is C7H10F3N3. The lowest BCUT2D eigenvalue weighted by Gasteiger charge is -2.15. The minimum atomic E-state index is -4.32. The van der Waals surface area contributed by atoms with E-state index in [1.54, 1.807) is 7.05 Å². The van der Waals surface area contributed by atoms with E-state index < -0.39 is 18.6 Å². The molecule has 6 heteroatoms. The summed E-state index contributed by atoms with van der Waals surface area (Å²) in [5.41, 5.74) is 5.00. The Balaban J connectivity index is 2.91. The van der Waals surface area contributed by atoms with Crippen LogP contribution in [0.1, 0.15) is 11.6 Å². The molecule has 1 rings (SSSR count). The first-order chi connectivity index (χ1) is 5.95. The maximum absolute atomic E-state index is 12.3. The van der Waals surface area contributed by atoms with Crippen LogP contribution in [-0.4, -0.2) is 22.3 Å². The van der Waals surface area contributed by atoms with E-state index in [0.717, 1.165) is 0 Å². The molecular weight excluding hydrogens is 183 g/mol. The molecule has 0 saturated carbocycles. The summed E-state index contributed by atoms with van der Waals surface area (Å²) in [4.78, 5) is 3.62. The van der Waals surface area contributed by atoms with Gasteiger partial charge >= 0.3 is 6.18 Å². The van der Waals surface area contributed by atoms with Gasteiger partial charge < -0.3 is 10.3 Å². The lowest BCUT2D eigenvalue weighted by molar-refractivity contribution is -0.148. The summed E-state index contributed by atoms with van der Waals surface area (Å²) < 4.78 is 38.3. The van der Waals surface area contributed by atoms with Crippen molar-refractivity contribution in [2.24, 2.45) is 12.8 Å². The monoisotopic (exact) mass is 193 g/mol. The standard InChI is InChI=1S/C7H10F3N3/c1-13-3-6(12-4-13)5(2-11)7(8,9)10/h3-5H,2,11H2,1H3. The highest BCUT2D eigenvalue weighted by Crippen LogP contribution is 2.32. The molecule has 0 aliphatic rings. The third-order valence-corrected chi connectivity index (χ3v) is 1.71. The minimum Gasteiger partial charge on any atom is -0.340 e. The predicted octanol–water partition coefficient (Wildman–Crippen LogP) is 1.02. The Morgan fingerprint density at radius 3 is 2.54 bits per heavy atom. The van der Waals surface area contributed by atoms with Crippen LogP contribution in [0.2, 0.25) is 0 Å². The summed E-state index contributed by atoms with van der Waals surface area (Å²) in [5.74, 6) is -1.66. The number of hydrogen-bond donors (Lipinski definition) is 1. The molecule has 0 fully saturated rings. The molecule has 13 heavy (non-hydrogen) atoms. The van der Waals surface area contributed by atoms with Crippen LogP contribution in [0.15, 0.2) is 12.5 Å². The third kappa shape index (κ3) is 2.21. The predicted molar refractivity (Wildman–Crippen MR) is 41.1 cm³/mol. The zero-order valence-electron chi connectivity index (χ0n) is 7.04. The Morgan fingerprint density at radius 1 is 1.62 bits per heavy atom. The van der Waals surface area contributed by atoms with Crippen LogP contribution < -0.4 is 5.73 Å². The highest BCUT2D eigenvalue weighted by Gasteiger charge is 2.40. The van der Waals surface area contributed by atoms with Gasteiger partial charge in [0.2, 0.25) is 0 Å². The summed E-state index contributed by atoms with van der Waals surface area (Å²) in [6, 6.07) is 0. The zero-order valence-corrected chi connectivity index (χ0v) is 7.04. The van der Waals surface area contributed by atoms with E-state index in [2.05, 4.69) is 4.98 Å². The lowest BCUT2D eigenvalue weighted by atomic mass is 10.1. The van der Waals surface area contributed by atoms with Crippen molar-refractivity contribution in [3.05, 3.63) is 18.2 Å². The Bertz CT molecular complexity index is 279. The van der Waals surface area contributed by atoms with Gasteiger partial charge in [0.1, 0.15) is 5.92 Å². The molecule has 1 unspecified atom stereocenters. The number of hydrogen-bond acceptors (Lipinski definition) is 2. The first-order valence-corrected chi connectivity index (χ1v) is 3.69. The van der Waals surface area contributed by atoms with E-state index in [-0.39, 0.29) is 5.69 Å². The summed E-state index contributed by atoms with van der Waals surface area (Å²) in [7, 11) is 1.61. The van der Waals surface area contributed by atoms with Crippen molar-refractivity contribution in [1.29, 1.82) is 0 Å². The fraction of sp³-hybridized carbons (Fsp3) is 0.571. The normalized spacial score (nSPS) is 14.5. The van der Waals surface area contributed by atoms with Gasteiger partial charge in [-0.25, -0.2) is 4.98 Å². The van der Waals surface area contributed by atoms with Gasteiger partial charge in [-0.05, 0) is 0 Å². The molecule has 1 aromatic rings. The van der Waals surface area contributed by atoms with Crippen molar-refractivity contribution in [1.82, 2.24) is 9.55 Å². The number of rotatable bonds is 2. The van der Waals surface area contributed by atoms with Crippen LogP contribution in [0.4, 0.5) is 13.2 Å². The molecule has 0 amide bonds. The maximum atomic E-state index is 12.3. The average molecular weight is 193 g/mol. The molecule has 74 valence electrons. The fourth-order valence-corrected chi connectivity index (χ4v) is 1.04. The summed E-state index contributed by atoms with van der Waals surface area (Å²) in [6.07, 6.45) is -1.67. The second kappa shape index (κ2) is 3.37. The molecule has 2 N–H and O–H groups in total. The zero-order chi connectivity index (χ0) is 10.1. The average Bonchev–Trinajstić information content (AvgIpc) is 2.34. The van der Waals surface area contributed by atoms with Gasteiger partial charge in [0.15, 0.2) is 0 Å². The molecule has 0 aliphatic heterocycles. The van der Waals surface area contributed by atoms with Crippen LogP contribution in [0.3, 0.4) is 0 Å². The number of halogens is 3. The first kappa shape index (κ1) is 10.0. The van der Waals surface area contributed by atoms with Crippen LogP contribution in [-0.2, 0) is 7.05 Å². The van der Waals surface area contributed by atoms with E-state index >= 15 is 0 Å². The number of alkyl halides is 3. The molecule has 0 radical (unpaired) electrons. The third-order valence-electron chi connectivity index (χ3n) is 1.71. The van der Waals surface area contributed by atoms with E-state index in [1.807, 2.05) is 0 Å². The molecule has 0 spiro atoms. The Morgan fingerprint density at radius 2 is 2.23 bits per heavy atom. The van der Waals surface area contributed by atoms with Crippen LogP contribution >= 0.6 is 0 Å². The SMILES string of the molecule is Cn1cnc(C(CN)C(F)(F)F)c1. The number of nitrogens with zero attached hydrogens (tertiary/aromatic N) is 2. The van der Waals surface area contributed by atoms with Gasteiger partial charge in [0.25, 0.3) is 0 Å². The lowest BCUT2D eigenvalue weighted by Crippen LogP contribution is -2.28. The Kier molecular flexibility index (Phi) is 2.60. The van der Waals surface area contributed by atoms with Crippen molar-refractivity contribution in [3.8, 4) is 0 Å². The van der Waals surface area contributed by atoms with Crippen LogP contribution in [0.5, 0.6) is 0 Å². The number of nitrogens with two attached hydrogens (primary N) is 1. The Labute approximate surface area is 73.4 Å². The van der Waals surface area contributed by atoms with E-state index in [0.29, 0.717) is 0 Å². The van der Waals surface area contributed by atoms with Crippen LogP contribution in [0.25, 0.3) is 0 Å². The molecule has 1 atom stereocenters. The Hall–Kier alpha value is -1.04. The quantitative estimate of drug-likeness (QED) is 0.762. The second-order valence-electron chi connectivity index (χ2n) is 2.79. The van der Waals surface area contributed by atoms with E-state index in [9.17, 15) is 13.2 Å². The second-order valence-corrected chi connectivity index (χ2v) is 2.79. The maximum Gasteiger partial charge on any atom is 0.398 e. The van der Waals surface area contributed by atoms with Crippen molar-refractivity contribution in [3.63, 3.8) is 0 Å². The molecule has 0 saturated heterocycles. The topological polar surface area (TPSA) is 43.8 Å². The van der Waals surface area contributed by atoms with Gasteiger partial charge in [-0.15, -0.1) is 0 Å². The largest absolute Gasteiger partial charge is 0.398 e. The van der Waals surface area contributed by atoms with Gasteiger partial charge in [0.05, 0.1) is 12.0 Å². The molecule has 0 aromatic carbocycles. The molecule has 3 nitrogen and oxygen atoms in total. The molecule has 0 bridgehead atoms. The van der Waals surface area contributed by atoms with Crippen molar-refractivity contribution >= 4 is 0 Å². The molecule has 1 heterocycles. The fourth-order valence-electron chi connectivity index (χ4n) is 1.04. The first-order valence-electron chi connectivity index (χ1n) is 3.69. The molecule has 0 aliphatic carbocycles. The van der Waals surface area contributed by atoms with Gasteiger partial charge in [-0.3, -0.25) is 0 Å². The smallest absolute Gasteiger partial charge is 0.340 e. The van der Waals surface area contributed by atoms with Crippen molar-refractivity contribution in [2.75, 3.05) is 6.54 Å². The number of imidazole rings is 1. The highest BCUT2D eigenvalue weighted by molar-refractivity contribution is 5.07. The number of aromatic nitrogens is 2. The van der Waals surface area contributed by atoms with Crippen molar-refractivity contribution < 1.29 is 13.2 Å². The van der Waals surface area contributed by atoms with Gasteiger partial charge in [-0.2, -0.15) is 13.2 Å². The summed E-state index contributed by atoms with van der Waals surface area (Å²) in [5, 5.41) is 0. The summed E-state index contributed by atoms with van der Waals surface area (Å²) >= 11 is 0. The minimum absolute atomic E-state index is 0.0301. The molecule has 1 aromatic heterocycles. The van der Waals surface area contributed by atoms with E-state index in [1.165, 1.54) is 17.1 Å². The van der Waals surface area contributed by atoms with Gasteiger partial charge in [0, 0.05) is 19.8 Å². The summed E-state index contributed by atoms with van der Waals surface area (Å²) in [6.45, 7) is -0.472.